The minimum atomic E-state index is -0.568. The average Bonchev–Trinajstić information content (AvgIpc) is 2.76. The molecule has 1 heterocycles. The van der Waals surface area contributed by atoms with Gasteiger partial charge in [0, 0.05) is 13.1 Å². The van der Waals surface area contributed by atoms with Gasteiger partial charge in [0.2, 0.25) is 0 Å². The fraction of sp³-hybridized carbons (Fsp3) is 0.125. The normalized spacial score (nSPS) is 10.9. The number of carbonyl (C=O) groups excluding carboxylic acids is 1. The Morgan fingerprint density at radius 3 is 2.48 bits per heavy atom. The Morgan fingerprint density at radius 1 is 1.09 bits per heavy atom. The first kappa shape index (κ1) is 15.6. The number of halogens is 2. The summed E-state index contributed by atoms with van der Waals surface area (Å²) in [5.41, 5.74) is 1.14. The van der Waals surface area contributed by atoms with Crippen molar-refractivity contribution in [2.24, 2.45) is 7.05 Å². The first-order valence-electron chi connectivity index (χ1n) is 6.77. The topological polar surface area (TPSA) is 53.2 Å². The Hall–Kier alpha value is -2.24. The number of hydrogen-bond donors (Lipinski definition) is 0. The highest BCUT2D eigenvalue weighted by molar-refractivity contribution is 6.42. The Morgan fingerprint density at radius 2 is 1.78 bits per heavy atom. The second-order valence-corrected chi connectivity index (χ2v) is 5.78. The highest BCUT2D eigenvalue weighted by atomic mass is 35.5. The van der Waals surface area contributed by atoms with Gasteiger partial charge >= 0.3 is 11.7 Å². The maximum atomic E-state index is 12.3. The van der Waals surface area contributed by atoms with Gasteiger partial charge < -0.3 is 4.74 Å². The summed E-state index contributed by atoms with van der Waals surface area (Å²) in [5.74, 6) is -0.292. The molecule has 0 saturated heterocycles. The molecule has 0 radical (unpaired) electrons. The third-order valence-corrected chi connectivity index (χ3v) is 4.20. The molecule has 0 bridgehead atoms. The first-order valence-corrected chi connectivity index (χ1v) is 7.53. The van der Waals surface area contributed by atoms with E-state index in [1.807, 2.05) is 18.2 Å². The quantitative estimate of drug-likeness (QED) is 0.538. The minimum absolute atomic E-state index is 0.194. The van der Waals surface area contributed by atoms with Crippen molar-refractivity contribution in [1.29, 1.82) is 0 Å². The molecule has 3 rings (SSSR count). The SMILES string of the molecule is Cn1c(=O)n(CC(=O)Oc2ccc(Cl)c(Cl)c2)c2ccccc21. The van der Waals surface area contributed by atoms with Crippen LogP contribution in [0.2, 0.25) is 10.0 Å². The van der Waals surface area contributed by atoms with E-state index in [-0.39, 0.29) is 18.0 Å². The van der Waals surface area contributed by atoms with Crippen LogP contribution >= 0.6 is 23.2 Å². The third-order valence-electron chi connectivity index (χ3n) is 3.46. The van der Waals surface area contributed by atoms with Crippen LogP contribution in [-0.4, -0.2) is 15.1 Å². The number of imidazole rings is 1. The molecule has 7 heteroatoms. The number of benzene rings is 2. The summed E-state index contributed by atoms with van der Waals surface area (Å²) in [6.45, 7) is -0.194. The summed E-state index contributed by atoms with van der Waals surface area (Å²) < 4.78 is 8.07. The lowest BCUT2D eigenvalue weighted by molar-refractivity contribution is -0.135. The lowest BCUT2D eigenvalue weighted by Crippen LogP contribution is -2.27. The molecule has 3 aromatic rings. The van der Waals surface area contributed by atoms with Gasteiger partial charge in [-0.25, -0.2) is 9.59 Å². The van der Waals surface area contributed by atoms with Crippen molar-refractivity contribution in [3.05, 3.63) is 63.0 Å². The Labute approximate surface area is 141 Å². The largest absolute Gasteiger partial charge is 0.425 e. The van der Waals surface area contributed by atoms with Gasteiger partial charge in [0.15, 0.2) is 0 Å². The van der Waals surface area contributed by atoms with Crippen molar-refractivity contribution in [1.82, 2.24) is 9.13 Å². The number of rotatable bonds is 3. The number of esters is 1. The molecule has 0 N–H and O–H groups in total. The number of carbonyl (C=O) groups is 1. The van der Waals surface area contributed by atoms with Crippen molar-refractivity contribution in [3.63, 3.8) is 0 Å². The molecule has 0 aliphatic heterocycles. The Kier molecular flexibility index (Phi) is 4.15. The van der Waals surface area contributed by atoms with E-state index in [1.54, 1.807) is 13.1 Å². The molecular weight excluding hydrogens is 339 g/mol. The van der Waals surface area contributed by atoms with Crippen LogP contribution in [-0.2, 0) is 18.4 Å². The lowest BCUT2D eigenvalue weighted by Gasteiger charge is -2.06. The van der Waals surface area contributed by atoms with E-state index in [4.69, 9.17) is 27.9 Å². The van der Waals surface area contributed by atoms with Gasteiger partial charge in [0.05, 0.1) is 21.1 Å². The van der Waals surface area contributed by atoms with E-state index in [2.05, 4.69) is 0 Å². The molecule has 5 nitrogen and oxygen atoms in total. The highest BCUT2D eigenvalue weighted by Gasteiger charge is 2.14. The average molecular weight is 351 g/mol. The highest BCUT2D eigenvalue weighted by Crippen LogP contribution is 2.26. The van der Waals surface area contributed by atoms with Crippen molar-refractivity contribution in [3.8, 4) is 5.75 Å². The molecule has 1 aromatic heterocycles. The van der Waals surface area contributed by atoms with Crippen molar-refractivity contribution >= 4 is 40.2 Å². The fourth-order valence-electron chi connectivity index (χ4n) is 2.35. The van der Waals surface area contributed by atoms with Gasteiger partial charge in [-0.15, -0.1) is 0 Å². The summed E-state index contributed by atoms with van der Waals surface area (Å²) in [5, 5.41) is 0.663. The second-order valence-electron chi connectivity index (χ2n) is 4.97. The predicted molar refractivity (Wildman–Crippen MR) is 89.3 cm³/mol. The Balaban J connectivity index is 1.87. The van der Waals surface area contributed by atoms with Crippen LogP contribution in [0.1, 0.15) is 0 Å². The molecule has 0 fully saturated rings. The van der Waals surface area contributed by atoms with Crippen LogP contribution < -0.4 is 10.4 Å². The zero-order valence-corrected chi connectivity index (χ0v) is 13.6. The van der Waals surface area contributed by atoms with Gasteiger partial charge in [-0.2, -0.15) is 0 Å². The van der Waals surface area contributed by atoms with Crippen LogP contribution in [0.25, 0.3) is 11.0 Å². The summed E-state index contributed by atoms with van der Waals surface area (Å²) >= 11 is 11.7. The van der Waals surface area contributed by atoms with Crippen molar-refractivity contribution in [2.45, 2.75) is 6.54 Å². The number of aromatic nitrogens is 2. The number of hydrogen-bond acceptors (Lipinski definition) is 3. The van der Waals surface area contributed by atoms with E-state index >= 15 is 0 Å². The number of fused-ring (bicyclic) bond motifs is 1. The van der Waals surface area contributed by atoms with Gasteiger partial charge in [-0.3, -0.25) is 9.13 Å². The summed E-state index contributed by atoms with van der Waals surface area (Å²) in [6, 6.07) is 11.8. The Bertz CT molecular complexity index is 960. The second kappa shape index (κ2) is 6.10. The van der Waals surface area contributed by atoms with Gasteiger partial charge in [0.25, 0.3) is 0 Å². The van der Waals surface area contributed by atoms with E-state index in [1.165, 1.54) is 27.3 Å². The van der Waals surface area contributed by atoms with Crippen molar-refractivity contribution in [2.75, 3.05) is 0 Å². The van der Waals surface area contributed by atoms with E-state index < -0.39 is 5.97 Å². The molecular formula is C16H12Cl2N2O3. The predicted octanol–water partition coefficient (Wildman–Crippen LogP) is 3.25. The van der Waals surface area contributed by atoms with E-state index in [0.29, 0.717) is 15.6 Å². The molecule has 0 aliphatic carbocycles. The number of nitrogens with zero attached hydrogens (tertiary/aromatic N) is 2. The molecule has 0 atom stereocenters. The molecule has 0 saturated carbocycles. The van der Waals surface area contributed by atoms with Crippen LogP contribution in [0, 0.1) is 0 Å². The number of aryl methyl sites for hydroxylation is 1. The molecule has 0 amide bonds. The van der Waals surface area contributed by atoms with E-state index in [0.717, 1.165) is 5.52 Å². The molecule has 118 valence electrons. The fourth-order valence-corrected chi connectivity index (χ4v) is 2.64. The summed E-state index contributed by atoms with van der Waals surface area (Å²) in [6.07, 6.45) is 0. The molecule has 0 unspecified atom stereocenters. The van der Waals surface area contributed by atoms with Crippen LogP contribution in [0.5, 0.6) is 5.75 Å². The van der Waals surface area contributed by atoms with Crippen LogP contribution in [0.4, 0.5) is 0 Å². The number of ether oxygens (including phenoxy) is 1. The molecule has 0 aliphatic rings. The minimum Gasteiger partial charge on any atom is -0.425 e. The smallest absolute Gasteiger partial charge is 0.331 e. The number of para-hydroxylation sites is 2. The maximum Gasteiger partial charge on any atom is 0.331 e. The zero-order valence-electron chi connectivity index (χ0n) is 12.1. The standard InChI is InChI=1S/C16H12Cl2N2O3/c1-19-13-4-2-3-5-14(13)20(16(19)22)9-15(21)23-10-6-7-11(17)12(18)8-10/h2-8H,9H2,1H3. The van der Waals surface area contributed by atoms with Gasteiger partial charge in [-0.05, 0) is 24.3 Å². The van der Waals surface area contributed by atoms with Gasteiger partial charge in [0.1, 0.15) is 12.3 Å². The molecule has 23 heavy (non-hydrogen) atoms. The third kappa shape index (κ3) is 2.98. The van der Waals surface area contributed by atoms with Crippen molar-refractivity contribution < 1.29 is 9.53 Å². The van der Waals surface area contributed by atoms with Gasteiger partial charge in [-0.1, -0.05) is 35.3 Å². The summed E-state index contributed by atoms with van der Waals surface area (Å²) in [4.78, 5) is 24.4. The monoisotopic (exact) mass is 350 g/mol. The zero-order chi connectivity index (χ0) is 16.6. The lowest BCUT2D eigenvalue weighted by atomic mass is 10.3. The molecule has 2 aromatic carbocycles. The molecule has 0 spiro atoms. The van der Waals surface area contributed by atoms with Crippen LogP contribution in [0.15, 0.2) is 47.3 Å². The van der Waals surface area contributed by atoms with Crippen LogP contribution in [0.3, 0.4) is 0 Å². The summed E-state index contributed by atoms with van der Waals surface area (Å²) in [7, 11) is 1.66. The maximum absolute atomic E-state index is 12.3. The van der Waals surface area contributed by atoms with E-state index in [9.17, 15) is 9.59 Å². The first-order chi connectivity index (χ1) is 11.0.